The maximum Gasteiger partial charge on any atom is 0.270 e. The first kappa shape index (κ1) is 8.86. The number of pyridine rings is 1. The third-order valence-corrected chi connectivity index (χ3v) is 2.03. The fourth-order valence-corrected chi connectivity index (χ4v) is 1.06. The highest BCUT2D eigenvalue weighted by atomic mass is 127. The minimum atomic E-state index is -0.678. The van der Waals surface area contributed by atoms with E-state index in [0.29, 0.717) is 3.57 Å². The van der Waals surface area contributed by atoms with Crippen LogP contribution < -0.4 is 0 Å². The monoisotopic (exact) mass is 285 g/mol. The van der Waals surface area contributed by atoms with Gasteiger partial charge in [0.25, 0.3) is 5.24 Å². The normalized spacial score (nSPS) is 9.73. The summed E-state index contributed by atoms with van der Waals surface area (Å²) >= 11 is 6.86. The van der Waals surface area contributed by atoms with Gasteiger partial charge in [-0.05, 0) is 40.3 Å². The molecule has 0 atom stereocenters. The van der Waals surface area contributed by atoms with Crippen LogP contribution in [-0.4, -0.2) is 10.2 Å². The zero-order chi connectivity index (χ0) is 8.43. The molecule has 0 amide bonds. The van der Waals surface area contributed by atoms with Crippen molar-refractivity contribution in [1.29, 1.82) is 0 Å². The Morgan fingerprint density at radius 3 is 2.82 bits per heavy atom. The summed E-state index contributed by atoms with van der Waals surface area (Å²) < 4.78 is 12.9. The van der Waals surface area contributed by atoms with Crippen LogP contribution in [0.3, 0.4) is 0 Å². The summed E-state index contributed by atoms with van der Waals surface area (Å²) in [5.74, 6) is -0.452. The molecule has 0 unspecified atom stereocenters. The molecule has 5 heteroatoms. The first-order chi connectivity index (χ1) is 5.11. The van der Waals surface area contributed by atoms with E-state index in [1.807, 2.05) is 0 Å². The van der Waals surface area contributed by atoms with Crippen LogP contribution in [0.4, 0.5) is 4.39 Å². The Hall–Kier alpha value is -0.230. The van der Waals surface area contributed by atoms with Gasteiger partial charge in [0.1, 0.15) is 5.69 Å². The molecule has 1 heterocycles. The lowest BCUT2D eigenvalue weighted by Gasteiger charge is -1.94. The Morgan fingerprint density at radius 1 is 1.73 bits per heavy atom. The molecule has 0 fully saturated rings. The third kappa shape index (κ3) is 2.10. The van der Waals surface area contributed by atoms with Gasteiger partial charge in [0, 0.05) is 0 Å². The van der Waals surface area contributed by atoms with E-state index < -0.39 is 11.1 Å². The molecule has 0 aliphatic carbocycles. The van der Waals surface area contributed by atoms with E-state index >= 15 is 0 Å². The minimum absolute atomic E-state index is 0.0671. The minimum Gasteiger partial charge on any atom is -0.274 e. The van der Waals surface area contributed by atoms with Crippen molar-refractivity contribution >= 4 is 39.4 Å². The van der Waals surface area contributed by atoms with Gasteiger partial charge in [-0.25, -0.2) is 9.37 Å². The van der Waals surface area contributed by atoms with E-state index in [2.05, 4.69) is 4.98 Å². The van der Waals surface area contributed by atoms with E-state index in [0.717, 1.165) is 6.20 Å². The van der Waals surface area contributed by atoms with Crippen LogP contribution in [-0.2, 0) is 0 Å². The molecule has 1 aromatic rings. The van der Waals surface area contributed by atoms with Gasteiger partial charge in [-0.15, -0.1) is 0 Å². The van der Waals surface area contributed by atoms with E-state index in [-0.39, 0.29) is 5.69 Å². The molecule has 0 aromatic carbocycles. The molecule has 0 aliphatic heterocycles. The molecule has 58 valence electrons. The highest BCUT2D eigenvalue weighted by Crippen LogP contribution is 2.11. The van der Waals surface area contributed by atoms with Crippen molar-refractivity contribution in [3.63, 3.8) is 0 Å². The Bertz CT molecular complexity index is 305. The average Bonchev–Trinajstić information content (AvgIpc) is 1.94. The molecule has 0 saturated heterocycles. The molecule has 0 saturated carbocycles. The summed E-state index contributed by atoms with van der Waals surface area (Å²) in [6.45, 7) is 0. The van der Waals surface area contributed by atoms with Crippen LogP contribution in [0.15, 0.2) is 12.3 Å². The van der Waals surface area contributed by atoms with Crippen molar-refractivity contribution in [2.24, 2.45) is 0 Å². The second-order valence-electron chi connectivity index (χ2n) is 1.76. The second kappa shape index (κ2) is 3.44. The Labute approximate surface area is 80.9 Å². The van der Waals surface area contributed by atoms with Crippen LogP contribution in [0, 0.1) is 9.39 Å². The number of aromatic nitrogens is 1. The smallest absolute Gasteiger partial charge is 0.270 e. The van der Waals surface area contributed by atoms with E-state index in [9.17, 15) is 9.18 Å². The summed E-state index contributed by atoms with van der Waals surface area (Å²) in [4.78, 5) is 14.0. The lowest BCUT2D eigenvalue weighted by atomic mass is 10.4. The van der Waals surface area contributed by atoms with Gasteiger partial charge in [-0.2, -0.15) is 0 Å². The van der Waals surface area contributed by atoms with Crippen molar-refractivity contribution in [2.45, 2.75) is 0 Å². The van der Waals surface area contributed by atoms with Gasteiger partial charge >= 0.3 is 0 Å². The van der Waals surface area contributed by atoms with Gasteiger partial charge in [0.05, 0.1) is 9.77 Å². The number of rotatable bonds is 1. The number of carbonyl (C=O) groups is 1. The van der Waals surface area contributed by atoms with Gasteiger partial charge in [-0.1, -0.05) is 0 Å². The van der Waals surface area contributed by atoms with Crippen LogP contribution in [0.1, 0.15) is 10.5 Å². The van der Waals surface area contributed by atoms with E-state index in [1.54, 1.807) is 22.6 Å². The quantitative estimate of drug-likeness (QED) is 0.585. The largest absolute Gasteiger partial charge is 0.274 e. The van der Waals surface area contributed by atoms with Gasteiger partial charge in [0.2, 0.25) is 0 Å². The first-order valence-electron chi connectivity index (χ1n) is 2.62. The fourth-order valence-electron chi connectivity index (χ4n) is 0.522. The SMILES string of the molecule is O=C(Cl)c1cc(I)c(F)cn1. The molecule has 0 bridgehead atoms. The highest BCUT2D eigenvalue weighted by molar-refractivity contribution is 14.1. The number of hydrogen-bond donors (Lipinski definition) is 0. The lowest BCUT2D eigenvalue weighted by molar-refractivity contribution is 0.107. The number of carbonyl (C=O) groups excluding carboxylic acids is 1. The molecule has 1 rings (SSSR count). The van der Waals surface area contributed by atoms with Crippen molar-refractivity contribution in [2.75, 3.05) is 0 Å². The van der Waals surface area contributed by atoms with E-state index in [4.69, 9.17) is 11.6 Å². The topological polar surface area (TPSA) is 30.0 Å². The second-order valence-corrected chi connectivity index (χ2v) is 3.26. The Balaban J connectivity index is 3.15. The summed E-state index contributed by atoms with van der Waals surface area (Å²) in [7, 11) is 0. The predicted molar refractivity (Wildman–Crippen MR) is 47.1 cm³/mol. The molecule has 0 aliphatic rings. The molecule has 0 spiro atoms. The van der Waals surface area contributed by atoms with Crippen LogP contribution in [0.25, 0.3) is 0 Å². The molecule has 0 radical (unpaired) electrons. The van der Waals surface area contributed by atoms with Gasteiger partial charge in [0.15, 0.2) is 5.82 Å². The molecular formula is C6H2ClFINO. The number of halogens is 3. The average molecular weight is 285 g/mol. The van der Waals surface area contributed by atoms with Crippen molar-refractivity contribution < 1.29 is 9.18 Å². The third-order valence-electron chi connectivity index (χ3n) is 1.01. The Morgan fingerprint density at radius 2 is 2.36 bits per heavy atom. The lowest BCUT2D eigenvalue weighted by Crippen LogP contribution is -1.96. The summed E-state index contributed by atoms with van der Waals surface area (Å²) in [6, 6.07) is 1.30. The van der Waals surface area contributed by atoms with Crippen molar-refractivity contribution in [3.8, 4) is 0 Å². The van der Waals surface area contributed by atoms with Crippen LogP contribution >= 0.6 is 34.2 Å². The van der Waals surface area contributed by atoms with Crippen molar-refractivity contribution in [1.82, 2.24) is 4.98 Å². The highest BCUT2D eigenvalue weighted by Gasteiger charge is 2.06. The molecular weight excluding hydrogens is 283 g/mol. The number of nitrogens with zero attached hydrogens (tertiary/aromatic N) is 1. The summed E-state index contributed by atoms with van der Waals surface area (Å²) in [6.07, 6.45) is 0.970. The maximum absolute atomic E-state index is 12.5. The van der Waals surface area contributed by atoms with Gasteiger partial charge < -0.3 is 0 Å². The predicted octanol–water partition coefficient (Wildman–Crippen LogP) is 2.20. The molecule has 11 heavy (non-hydrogen) atoms. The number of hydrogen-bond acceptors (Lipinski definition) is 2. The van der Waals surface area contributed by atoms with Crippen LogP contribution in [0.5, 0.6) is 0 Å². The van der Waals surface area contributed by atoms with Crippen molar-refractivity contribution in [3.05, 3.63) is 27.3 Å². The Kier molecular flexibility index (Phi) is 2.78. The fraction of sp³-hybridized carbons (Fsp3) is 0. The summed E-state index contributed by atoms with van der Waals surface area (Å²) in [5.41, 5.74) is 0.0671. The molecule has 0 N–H and O–H groups in total. The van der Waals surface area contributed by atoms with Crippen LogP contribution in [0.2, 0.25) is 0 Å². The zero-order valence-corrected chi connectivity index (χ0v) is 8.06. The maximum atomic E-state index is 12.5. The molecule has 1 aromatic heterocycles. The summed E-state index contributed by atoms with van der Waals surface area (Å²) in [5, 5.41) is -0.678. The van der Waals surface area contributed by atoms with Gasteiger partial charge in [-0.3, -0.25) is 4.79 Å². The van der Waals surface area contributed by atoms with E-state index in [1.165, 1.54) is 6.07 Å². The standard InChI is InChI=1S/C6H2ClFINO/c7-6(11)5-1-4(9)3(8)2-10-5/h1-2H. The first-order valence-corrected chi connectivity index (χ1v) is 4.08. The zero-order valence-electron chi connectivity index (χ0n) is 5.14. The molecule has 2 nitrogen and oxygen atoms in total.